The fourth-order valence-corrected chi connectivity index (χ4v) is 2.31. The second kappa shape index (κ2) is 4.94. The maximum Gasteiger partial charge on any atom is 0.289 e. The summed E-state index contributed by atoms with van der Waals surface area (Å²) >= 11 is 5.68. The SMILES string of the molecule is CC(C)(C)N1CCN(C(=O)c2ccc(Cl)o2)CC1. The highest BCUT2D eigenvalue weighted by Gasteiger charge is 2.29. The molecule has 1 amide bonds. The second-order valence-corrected chi connectivity index (χ2v) is 5.93. The van der Waals surface area contributed by atoms with Crippen LogP contribution < -0.4 is 0 Å². The molecule has 1 aromatic rings. The van der Waals surface area contributed by atoms with Gasteiger partial charge in [0.1, 0.15) is 0 Å². The lowest BCUT2D eigenvalue weighted by Gasteiger charge is -2.42. The Hall–Kier alpha value is -1.00. The van der Waals surface area contributed by atoms with Crippen LogP contribution in [0.3, 0.4) is 0 Å². The standard InChI is InChI=1S/C13H19ClN2O2/c1-13(2,3)16-8-6-15(7-9-16)12(17)10-4-5-11(14)18-10/h4-5H,6-9H2,1-3H3. The van der Waals surface area contributed by atoms with Crippen LogP contribution in [0.4, 0.5) is 0 Å². The fourth-order valence-electron chi connectivity index (χ4n) is 2.17. The monoisotopic (exact) mass is 270 g/mol. The molecule has 0 N–H and O–H groups in total. The highest BCUT2D eigenvalue weighted by atomic mass is 35.5. The number of carbonyl (C=O) groups excluding carboxylic acids is 1. The molecule has 0 radical (unpaired) electrons. The summed E-state index contributed by atoms with van der Waals surface area (Å²) in [6.45, 7) is 9.82. The summed E-state index contributed by atoms with van der Waals surface area (Å²) in [6, 6.07) is 3.22. The molecule has 0 saturated carbocycles. The Morgan fingerprint density at radius 2 is 1.83 bits per heavy atom. The molecule has 0 bridgehead atoms. The van der Waals surface area contributed by atoms with Crippen molar-refractivity contribution in [2.45, 2.75) is 26.3 Å². The number of hydrogen-bond donors (Lipinski definition) is 0. The van der Waals surface area contributed by atoms with E-state index in [0.717, 1.165) is 26.2 Å². The van der Waals surface area contributed by atoms with E-state index >= 15 is 0 Å². The van der Waals surface area contributed by atoms with Crippen LogP contribution in [0, 0.1) is 0 Å². The van der Waals surface area contributed by atoms with Gasteiger partial charge in [0.2, 0.25) is 0 Å². The number of piperazine rings is 1. The molecular formula is C13H19ClN2O2. The molecule has 1 aromatic heterocycles. The minimum Gasteiger partial charge on any atom is -0.440 e. The average Bonchev–Trinajstić information content (AvgIpc) is 2.74. The van der Waals surface area contributed by atoms with Crippen molar-refractivity contribution in [3.63, 3.8) is 0 Å². The van der Waals surface area contributed by atoms with Gasteiger partial charge < -0.3 is 9.32 Å². The first-order valence-corrected chi connectivity index (χ1v) is 6.55. The Kier molecular flexibility index (Phi) is 3.69. The van der Waals surface area contributed by atoms with Crippen molar-refractivity contribution in [2.75, 3.05) is 26.2 Å². The van der Waals surface area contributed by atoms with Gasteiger partial charge >= 0.3 is 0 Å². The summed E-state index contributed by atoms with van der Waals surface area (Å²) in [5.41, 5.74) is 0.156. The minimum absolute atomic E-state index is 0.0736. The van der Waals surface area contributed by atoms with E-state index in [9.17, 15) is 4.79 Å². The van der Waals surface area contributed by atoms with Gasteiger partial charge in [-0.1, -0.05) is 0 Å². The van der Waals surface area contributed by atoms with Crippen molar-refractivity contribution in [2.24, 2.45) is 0 Å². The van der Waals surface area contributed by atoms with Crippen LogP contribution in [0.5, 0.6) is 0 Å². The molecule has 0 aromatic carbocycles. The number of carbonyl (C=O) groups is 1. The van der Waals surface area contributed by atoms with Crippen molar-refractivity contribution in [1.82, 2.24) is 9.80 Å². The van der Waals surface area contributed by atoms with E-state index < -0.39 is 0 Å². The highest BCUT2D eigenvalue weighted by Crippen LogP contribution is 2.19. The predicted octanol–water partition coefficient (Wildman–Crippen LogP) is 2.49. The summed E-state index contributed by atoms with van der Waals surface area (Å²) in [7, 11) is 0. The Morgan fingerprint density at radius 3 is 2.28 bits per heavy atom. The van der Waals surface area contributed by atoms with Gasteiger partial charge in [-0.2, -0.15) is 0 Å². The summed E-state index contributed by atoms with van der Waals surface area (Å²) in [5.74, 6) is 0.250. The maximum atomic E-state index is 12.1. The third-order valence-electron chi connectivity index (χ3n) is 3.30. The van der Waals surface area contributed by atoms with Crippen LogP contribution in [-0.4, -0.2) is 47.4 Å². The molecule has 100 valence electrons. The van der Waals surface area contributed by atoms with Crippen LogP contribution in [-0.2, 0) is 0 Å². The molecule has 1 saturated heterocycles. The number of nitrogens with zero attached hydrogens (tertiary/aromatic N) is 2. The molecule has 2 rings (SSSR count). The smallest absolute Gasteiger partial charge is 0.289 e. The molecule has 0 atom stereocenters. The lowest BCUT2D eigenvalue weighted by molar-refractivity contribution is 0.0428. The minimum atomic E-state index is -0.0736. The topological polar surface area (TPSA) is 36.7 Å². The van der Waals surface area contributed by atoms with Crippen molar-refractivity contribution < 1.29 is 9.21 Å². The molecule has 0 unspecified atom stereocenters. The van der Waals surface area contributed by atoms with E-state index in [1.54, 1.807) is 12.1 Å². The van der Waals surface area contributed by atoms with E-state index in [-0.39, 0.29) is 16.7 Å². The summed E-state index contributed by atoms with van der Waals surface area (Å²) in [6.07, 6.45) is 0. The van der Waals surface area contributed by atoms with E-state index in [1.807, 2.05) is 4.90 Å². The molecule has 1 fully saturated rings. The normalized spacial score (nSPS) is 18.1. The molecule has 1 aliphatic rings. The number of amides is 1. The predicted molar refractivity (Wildman–Crippen MR) is 70.9 cm³/mol. The molecule has 2 heterocycles. The van der Waals surface area contributed by atoms with Gasteiger partial charge in [0.25, 0.3) is 5.91 Å². The zero-order chi connectivity index (χ0) is 13.3. The zero-order valence-electron chi connectivity index (χ0n) is 11.1. The third-order valence-corrected chi connectivity index (χ3v) is 3.50. The summed E-state index contributed by atoms with van der Waals surface area (Å²) in [4.78, 5) is 16.3. The third kappa shape index (κ3) is 2.87. The average molecular weight is 271 g/mol. The van der Waals surface area contributed by atoms with Gasteiger partial charge in [-0.05, 0) is 44.5 Å². The lowest BCUT2D eigenvalue weighted by atomic mass is 10.0. The van der Waals surface area contributed by atoms with Gasteiger partial charge in [0.05, 0.1) is 0 Å². The number of rotatable bonds is 1. The van der Waals surface area contributed by atoms with E-state index in [2.05, 4.69) is 25.7 Å². The number of halogens is 1. The largest absolute Gasteiger partial charge is 0.440 e. The van der Waals surface area contributed by atoms with Gasteiger partial charge in [0.15, 0.2) is 11.0 Å². The van der Waals surface area contributed by atoms with Crippen LogP contribution in [0.15, 0.2) is 16.5 Å². The Labute approximate surface area is 112 Å². The lowest BCUT2D eigenvalue weighted by Crippen LogP contribution is -2.54. The first-order valence-electron chi connectivity index (χ1n) is 6.17. The van der Waals surface area contributed by atoms with Gasteiger partial charge in [-0.3, -0.25) is 9.69 Å². The van der Waals surface area contributed by atoms with E-state index in [1.165, 1.54) is 0 Å². The maximum absolute atomic E-state index is 12.1. The molecule has 5 heteroatoms. The molecule has 4 nitrogen and oxygen atoms in total. The Morgan fingerprint density at radius 1 is 1.22 bits per heavy atom. The van der Waals surface area contributed by atoms with Crippen molar-refractivity contribution in [1.29, 1.82) is 0 Å². The molecular weight excluding hydrogens is 252 g/mol. The fraction of sp³-hybridized carbons (Fsp3) is 0.615. The second-order valence-electron chi connectivity index (χ2n) is 5.55. The van der Waals surface area contributed by atoms with Crippen molar-refractivity contribution in [3.8, 4) is 0 Å². The summed E-state index contributed by atoms with van der Waals surface area (Å²) < 4.78 is 5.15. The molecule has 1 aliphatic heterocycles. The van der Waals surface area contributed by atoms with Crippen LogP contribution in [0.2, 0.25) is 5.22 Å². The van der Waals surface area contributed by atoms with Crippen LogP contribution in [0.25, 0.3) is 0 Å². The van der Waals surface area contributed by atoms with E-state index in [0.29, 0.717) is 5.76 Å². The van der Waals surface area contributed by atoms with Gasteiger partial charge in [-0.15, -0.1) is 0 Å². The Balaban J connectivity index is 1.96. The van der Waals surface area contributed by atoms with Crippen molar-refractivity contribution in [3.05, 3.63) is 23.1 Å². The summed E-state index contributed by atoms with van der Waals surface area (Å²) in [5, 5.41) is 0.256. The quantitative estimate of drug-likeness (QED) is 0.787. The van der Waals surface area contributed by atoms with Crippen LogP contribution in [0.1, 0.15) is 31.3 Å². The van der Waals surface area contributed by atoms with Gasteiger partial charge in [-0.25, -0.2) is 0 Å². The number of furan rings is 1. The Bertz CT molecular complexity index is 428. The zero-order valence-corrected chi connectivity index (χ0v) is 11.8. The highest BCUT2D eigenvalue weighted by molar-refractivity contribution is 6.29. The first-order chi connectivity index (χ1) is 8.38. The molecule has 0 aliphatic carbocycles. The molecule has 18 heavy (non-hydrogen) atoms. The van der Waals surface area contributed by atoms with E-state index in [4.69, 9.17) is 16.0 Å². The van der Waals surface area contributed by atoms with Crippen molar-refractivity contribution >= 4 is 17.5 Å². The number of hydrogen-bond acceptors (Lipinski definition) is 3. The first kappa shape index (κ1) is 13.4. The van der Waals surface area contributed by atoms with Crippen LogP contribution >= 0.6 is 11.6 Å². The molecule has 0 spiro atoms. The van der Waals surface area contributed by atoms with Gasteiger partial charge in [0, 0.05) is 31.7 Å².